The fourth-order valence-corrected chi connectivity index (χ4v) is 4.91. The Bertz CT molecular complexity index is 640. The zero-order valence-electron chi connectivity index (χ0n) is 16.8. The van der Waals surface area contributed by atoms with Crippen molar-refractivity contribution in [2.45, 2.75) is 56.5 Å². The van der Waals surface area contributed by atoms with E-state index in [4.69, 9.17) is 9.47 Å². The van der Waals surface area contributed by atoms with E-state index in [-0.39, 0.29) is 12.1 Å². The highest BCUT2D eigenvalue weighted by molar-refractivity contribution is 5.28. The van der Waals surface area contributed by atoms with Gasteiger partial charge in [-0.15, -0.1) is 0 Å². The standard InChI is InChI=1S/C22H31F3N2O2/c23-22(24,25)19-7-5-17(6-8-19)18-11-16(14-29-20-3-1-2-4-20)12-27(13-18)21-15-28-10-9-26-21/h5-8,16,18,20-21,26H,1-4,9-15H2. The quantitative estimate of drug-likeness (QED) is 0.792. The number of ether oxygens (including phenoxy) is 2. The van der Waals surface area contributed by atoms with Gasteiger partial charge >= 0.3 is 6.18 Å². The molecule has 1 N–H and O–H groups in total. The first-order valence-corrected chi connectivity index (χ1v) is 10.8. The lowest BCUT2D eigenvalue weighted by Crippen LogP contribution is -2.57. The molecule has 1 aliphatic carbocycles. The van der Waals surface area contributed by atoms with Crippen LogP contribution in [0.15, 0.2) is 24.3 Å². The number of nitrogens with zero attached hydrogens (tertiary/aromatic N) is 1. The van der Waals surface area contributed by atoms with Gasteiger partial charge in [0, 0.05) is 19.6 Å². The summed E-state index contributed by atoms with van der Waals surface area (Å²) in [6.45, 7) is 4.69. The van der Waals surface area contributed by atoms with Crippen LogP contribution in [0.3, 0.4) is 0 Å². The molecule has 4 nitrogen and oxygen atoms in total. The summed E-state index contributed by atoms with van der Waals surface area (Å²) in [5.74, 6) is 0.576. The molecule has 29 heavy (non-hydrogen) atoms. The summed E-state index contributed by atoms with van der Waals surface area (Å²) in [5.41, 5.74) is 0.391. The molecule has 0 spiro atoms. The fraction of sp³-hybridized carbons (Fsp3) is 0.727. The number of rotatable bonds is 5. The topological polar surface area (TPSA) is 33.7 Å². The van der Waals surface area contributed by atoms with E-state index in [2.05, 4.69) is 10.2 Å². The van der Waals surface area contributed by atoms with Crippen LogP contribution in [-0.2, 0) is 15.7 Å². The van der Waals surface area contributed by atoms with Crippen LogP contribution in [0.2, 0.25) is 0 Å². The summed E-state index contributed by atoms with van der Waals surface area (Å²) < 4.78 is 50.6. The molecule has 2 aliphatic heterocycles. The van der Waals surface area contributed by atoms with Crippen LogP contribution >= 0.6 is 0 Å². The van der Waals surface area contributed by atoms with Gasteiger partial charge in [0.25, 0.3) is 0 Å². The number of hydrogen-bond acceptors (Lipinski definition) is 4. The van der Waals surface area contributed by atoms with Crippen LogP contribution in [0.1, 0.15) is 49.1 Å². The van der Waals surface area contributed by atoms with Crippen molar-refractivity contribution < 1.29 is 22.6 Å². The van der Waals surface area contributed by atoms with Crippen molar-refractivity contribution >= 4 is 0 Å². The summed E-state index contributed by atoms with van der Waals surface area (Å²) in [6.07, 6.45) is 1.99. The zero-order chi connectivity index (χ0) is 20.3. The first-order chi connectivity index (χ1) is 14.0. The second-order valence-electron chi connectivity index (χ2n) is 8.66. The number of benzene rings is 1. The van der Waals surface area contributed by atoms with E-state index in [1.54, 1.807) is 12.1 Å². The lowest BCUT2D eigenvalue weighted by atomic mass is 9.84. The van der Waals surface area contributed by atoms with Crippen molar-refractivity contribution in [3.05, 3.63) is 35.4 Å². The van der Waals surface area contributed by atoms with Gasteiger partial charge in [0.2, 0.25) is 0 Å². The van der Waals surface area contributed by atoms with Crippen LogP contribution in [0, 0.1) is 5.92 Å². The molecule has 3 unspecified atom stereocenters. The normalized spacial score (nSPS) is 30.0. The van der Waals surface area contributed by atoms with Crippen LogP contribution in [0.25, 0.3) is 0 Å². The number of morpholine rings is 1. The van der Waals surface area contributed by atoms with Gasteiger partial charge < -0.3 is 9.47 Å². The highest BCUT2D eigenvalue weighted by atomic mass is 19.4. The van der Waals surface area contributed by atoms with Gasteiger partial charge in [-0.05, 0) is 48.8 Å². The average Bonchev–Trinajstić information content (AvgIpc) is 3.26. The third-order valence-corrected chi connectivity index (χ3v) is 6.49. The minimum Gasteiger partial charge on any atom is -0.378 e. The fourth-order valence-electron chi connectivity index (χ4n) is 4.91. The third kappa shape index (κ3) is 5.51. The van der Waals surface area contributed by atoms with Crippen LogP contribution in [-0.4, -0.2) is 56.6 Å². The smallest absolute Gasteiger partial charge is 0.378 e. The molecule has 1 aromatic carbocycles. The molecule has 0 bridgehead atoms. The van der Waals surface area contributed by atoms with Gasteiger partial charge in [-0.2, -0.15) is 13.2 Å². The lowest BCUT2D eigenvalue weighted by molar-refractivity contribution is -0.137. The molecule has 0 aromatic heterocycles. The lowest BCUT2D eigenvalue weighted by Gasteiger charge is -2.43. The van der Waals surface area contributed by atoms with Gasteiger partial charge in [-0.3, -0.25) is 10.2 Å². The van der Waals surface area contributed by atoms with Gasteiger partial charge in [-0.25, -0.2) is 0 Å². The number of nitrogens with one attached hydrogen (secondary N) is 1. The molecule has 1 saturated carbocycles. The number of piperidine rings is 1. The molecule has 1 aromatic rings. The third-order valence-electron chi connectivity index (χ3n) is 6.49. The van der Waals surface area contributed by atoms with Crippen molar-refractivity contribution in [3.8, 4) is 0 Å². The number of hydrogen-bond donors (Lipinski definition) is 1. The molecular formula is C22H31F3N2O2. The molecule has 7 heteroatoms. The van der Waals surface area contributed by atoms with Crippen LogP contribution in [0.5, 0.6) is 0 Å². The molecule has 3 fully saturated rings. The predicted octanol–water partition coefficient (Wildman–Crippen LogP) is 4.02. The summed E-state index contributed by atoms with van der Waals surface area (Å²) in [6, 6.07) is 5.72. The molecule has 2 saturated heterocycles. The van der Waals surface area contributed by atoms with Crippen LogP contribution in [0.4, 0.5) is 13.2 Å². The highest BCUT2D eigenvalue weighted by Crippen LogP contribution is 2.35. The Morgan fingerprint density at radius 2 is 1.86 bits per heavy atom. The zero-order valence-corrected chi connectivity index (χ0v) is 16.8. The minimum atomic E-state index is -4.29. The molecule has 162 valence electrons. The van der Waals surface area contributed by atoms with Crippen molar-refractivity contribution in [2.24, 2.45) is 5.92 Å². The largest absolute Gasteiger partial charge is 0.416 e. The second kappa shape index (κ2) is 9.33. The molecule has 0 radical (unpaired) electrons. The monoisotopic (exact) mass is 412 g/mol. The number of alkyl halides is 3. The van der Waals surface area contributed by atoms with E-state index >= 15 is 0 Å². The summed E-state index contributed by atoms with van der Waals surface area (Å²) >= 11 is 0. The van der Waals surface area contributed by atoms with Crippen molar-refractivity contribution in [3.63, 3.8) is 0 Å². The van der Waals surface area contributed by atoms with Gasteiger partial charge in [0.15, 0.2) is 0 Å². The van der Waals surface area contributed by atoms with E-state index in [1.165, 1.54) is 25.0 Å². The first kappa shape index (κ1) is 21.1. The summed E-state index contributed by atoms with van der Waals surface area (Å²) in [4.78, 5) is 2.40. The second-order valence-corrected chi connectivity index (χ2v) is 8.66. The Labute approximate surface area is 170 Å². The first-order valence-electron chi connectivity index (χ1n) is 10.8. The Balaban J connectivity index is 1.45. The van der Waals surface area contributed by atoms with E-state index in [9.17, 15) is 13.2 Å². The molecule has 2 heterocycles. The molecule has 3 atom stereocenters. The molecule has 3 aliphatic rings. The Morgan fingerprint density at radius 3 is 2.52 bits per heavy atom. The number of halogens is 3. The van der Waals surface area contributed by atoms with Crippen molar-refractivity contribution in [1.29, 1.82) is 0 Å². The maximum atomic E-state index is 12.9. The molecule has 0 amide bonds. The average molecular weight is 412 g/mol. The SMILES string of the molecule is FC(F)(F)c1ccc(C2CC(COC3CCCC3)CN(C3COCCN3)C2)cc1. The van der Waals surface area contributed by atoms with Gasteiger partial charge in [0.1, 0.15) is 0 Å². The summed E-state index contributed by atoms with van der Waals surface area (Å²) in [5, 5.41) is 3.52. The molecule has 4 rings (SSSR count). The van der Waals surface area contributed by atoms with E-state index in [0.29, 0.717) is 18.6 Å². The Kier molecular flexibility index (Phi) is 6.79. The van der Waals surface area contributed by atoms with Crippen molar-refractivity contribution in [2.75, 3.05) is 39.5 Å². The minimum absolute atomic E-state index is 0.162. The van der Waals surface area contributed by atoms with Gasteiger partial charge in [0.05, 0.1) is 37.7 Å². The number of likely N-dealkylation sites (tertiary alicyclic amines) is 1. The maximum absolute atomic E-state index is 12.9. The highest BCUT2D eigenvalue weighted by Gasteiger charge is 2.35. The summed E-state index contributed by atoms with van der Waals surface area (Å²) in [7, 11) is 0. The van der Waals surface area contributed by atoms with Crippen molar-refractivity contribution in [1.82, 2.24) is 10.2 Å². The molecular weight excluding hydrogens is 381 g/mol. The van der Waals surface area contributed by atoms with E-state index in [1.807, 2.05) is 0 Å². The van der Waals surface area contributed by atoms with E-state index in [0.717, 1.165) is 57.7 Å². The van der Waals surface area contributed by atoms with E-state index < -0.39 is 11.7 Å². The predicted molar refractivity (Wildman–Crippen MR) is 105 cm³/mol. The Hall–Kier alpha value is -1.15. The Morgan fingerprint density at radius 1 is 1.10 bits per heavy atom. The van der Waals surface area contributed by atoms with Crippen LogP contribution < -0.4 is 5.32 Å². The van der Waals surface area contributed by atoms with Gasteiger partial charge in [-0.1, -0.05) is 25.0 Å². The maximum Gasteiger partial charge on any atom is 0.416 e.